The van der Waals surface area contributed by atoms with Gasteiger partial charge in [0.2, 0.25) is 5.88 Å². The summed E-state index contributed by atoms with van der Waals surface area (Å²) in [6.45, 7) is 6.04. The maximum absolute atomic E-state index is 5.75. The Balaban J connectivity index is 1.62. The number of pyridine rings is 1. The van der Waals surface area contributed by atoms with Gasteiger partial charge in [-0.2, -0.15) is 0 Å². The first-order chi connectivity index (χ1) is 10.3. The van der Waals surface area contributed by atoms with E-state index in [1.54, 1.807) is 0 Å². The second-order valence-corrected chi connectivity index (χ2v) is 6.17. The zero-order valence-electron chi connectivity index (χ0n) is 13.7. The summed E-state index contributed by atoms with van der Waals surface area (Å²) < 4.78 is 5.75. The van der Waals surface area contributed by atoms with E-state index in [-0.39, 0.29) is 0 Å². The highest BCUT2D eigenvalue weighted by molar-refractivity contribution is 5.25. The third-order valence-corrected chi connectivity index (χ3v) is 4.08. The zero-order chi connectivity index (χ0) is 14.9. The molecule has 0 aliphatic heterocycles. The SMILES string of the molecule is CCCCCCCCOc1ccc(CNC2CC2)c(C)n1. The number of nitrogens with zero attached hydrogens (tertiary/aromatic N) is 1. The standard InChI is InChI=1S/C18H30N2O/c1-3-4-5-6-7-8-13-21-18-12-9-16(15(2)20-18)14-19-17-10-11-17/h9,12,17,19H,3-8,10-11,13-14H2,1-2H3. The first kappa shape index (κ1) is 16.3. The molecule has 1 aliphatic rings. The summed E-state index contributed by atoms with van der Waals surface area (Å²) in [5.74, 6) is 0.774. The summed E-state index contributed by atoms with van der Waals surface area (Å²) in [6, 6.07) is 4.90. The Bertz CT molecular complexity index is 416. The number of hydrogen-bond acceptors (Lipinski definition) is 3. The van der Waals surface area contributed by atoms with Crippen LogP contribution in [0, 0.1) is 6.92 Å². The van der Waals surface area contributed by atoms with Crippen LogP contribution in [0.3, 0.4) is 0 Å². The Kier molecular flexibility index (Phi) is 7.01. The third kappa shape index (κ3) is 6.47. The van der Waals surface area contributed by atoms with Gasteiger partial charge in [-0.05, 0) is 31.7 Å². The van der Waals surface area contributed by atoms with Crippen molar-refractivity contribution in [3.05, 3.63) is 23.4 Å². The summed E-state index contributed by atoms with van der Waals surface area (Å²) in [4.78, 5) is 4.56. The number of ether oxygens (including phenoxy) is 1. The van der Waals surface area contributed by atoms with E-state index in [0.717, 1.165) is 37.2 Å². The monoisotopic (exact) mass is 290 g/mol. The van der Waals surface area contributed by atoms with Crippen LogP contribution in [-0.2, 0) is 6.54 Å². The predicted octanol–water partition coefficient (Wildman–Crippen LogP) is 4.38. The number of rotatable bonds is 11. The minimum absolute atomic E-state index is 0.744. The number of aryl methyl sites for hydroxylation is 1. The highest BCUT2D eigenvalue weighted by atomic mass is 16.5. The maximum atomic E-state index is 5.75. The molecular formula is C18H30N2O. The molecular weight excluding hydrogens is 260 g/mol. The second kappa shape index (κ2) is 9.04. The largest absolute Gasteiger partial charge is 0.478 e. The van der Waals surface area contributed by atoms with Crippen molar-refractivity contribution in [3.8, 4) is 5.88 Å². The van der Waals surface area contributed by atoms with Crippen LogP contribution in [-0.4, -0.2) is 17.6 Å². The van der Waals surface area contributed by atoms with Gasteiger partial charge in [-0.25, -0.2) is 4.98 Å². The van der Waals surface area contributed by atoms with Crippen molar-refractivity contribution in [2.45, 2.75) is 77.8 Å². The average molecular weight is 290 g/mol. The Hall–Kier alpha value is -1.09. The van der Waals surface area contributed by atoms with E-state index in [9.17, 15) is 0 Å². The van der Waals surface area contributed by atoms with Gasteiger partial charge in [-0.3, -0.25) is 0 Å². The topological polar surface area (TPSA) is 34.1 Å². The van der Waals surface area contributed by atoms with Crippen LogP contribution in [0.2, 0.25) is 0 Å². The molecule has 1 saturated carbocycles. The van der Waals surface area contributed by atoms with Gasteiger partial charge in [0.15, 0.2) is 0 Å². The van der Waals surface area contributed by atoms with Crippen LogP contribution in [0.5, 0.6) is 5.88 Å². The molecule has 118 valence electrons. The molecule has 0 amide bonds. The van der Waals surface area contributed by atoms with Crippen LogP contribution in [0.4, 0.5) is 0 Å². The smallest absolute Gasteiger partial charge is 0.213 e. The lowest BCUT2D eigenvalue weighted by atomic mass is 10.1. The lowest BCUT2D eigenvalue weighted by Gasteiger charge is -2.10. The molecule has 0 radical (unpaired) electrons. The van der Waals surface area contributed by atoms with E-state index < -0.39 is 0 Å². The summed E-state index contributed by atoms with van der Waals surface area (Å²) in [6.07, 6.45) is 10.4. The fraction of sp³-hybridized carbons (Fsp3) is 0.722. The van der Waals surface area contributed by atoms with Gasteiger partial charge in [0.1, 0.15) is 0 Å². The fourth-order valence-electron chi connectivity index (χ4n) is 2.43. The van der Waals surface area contributed by atoms with E-state index in [4.69, 9.17) is 4.74 Å². The van der Waals surface area contributed by atoms with Gasteiger partial charge in [0.05, 0.1) is 6.61 Å². The van der Waals surface area contributed by atoms with Gasteiger partial charge in [0, 0.05) is 24.3 Å². The molecule has 0 unspecified atom stereocenters. The molecule has 0 spiro atoms. The molecule has 1 aliphatic carbocycles. The van der Waals surface area contributed by atoms with Gasteiger partial charge in [-0.15, -0.1) is 0 Å². The van der Waals surface area contributed by atoms with Crippen molar-refractivity contribution in [3.63, 3.8) is 0 Å². The highest BCUT2D eigenvalue weighted by Crippen LogP contribution is 2.20. The quantitative estimate of drug-likeness (QED) is 0.614. The number of nitrogens with one attached hydrogen (secondary N) is 1. The summed E-state index contributed by atoms with van der Waals surface area (Å²) in [7, 11) is 0. The van der Waals surface area contributed by atoms with Gasteiger partial charge >= 0.3 is 0 Å². The minimum atomic E-state index is 0.744. The van der Waals surface area contributed by atoms with Crippen LogP contribution in [0.1, 0.15) is 69.5 Å². The second-order valence-electron chi connectivity index (χ2n) is 6.17. The van der Waals surface area contributed by atoms with E-state index in [2.05, 4.69) is 30.2 Å². The normalized spacial score (nSPS) is 14.4. The van der Waals surface area contributed by atoms with Crippen molar-refractivity contribution in [2.24, 2.45) is 0 Å². The van der Waals surface area contributed by atoms with E-state index >= 15 is 0 Å². The zero-order valence-corrected chi connectivity index (χ0v) is 13.7. The molecule has 1 N–H and O–H groups in total. The number of unbranched alkanes of at least 4 members (excludes halogenated alkanes) is 5. The molecule has 1 heterocycles. The van der Waals surface area contributed by atoms with Gasteiger partial charge in [-0.1, -0.05) is 45.1 Å². The molecule has 0 atom stereocenters. The van der Waals surface area contributed by atoms with E-state index in [1.165, 1.54) is 50.5 Å². The van der Waals surface area contributed by atoms with E-state index in [1.807, 2.05) is 6.07 Å². The summed E-state index contributed by atoms with van der Waals surface area (Å²) >= 11 is 0. The average Bonchev–Trinajstić information content (AvgIpc) is 3.29. The highest BCUT2D eigenvalue weighted by Gasteiger charge is 2.20. The molecule has 1 aromatic heterocycles. The van der Waals surface area contributed by atoms with Crippen LogP contribution >= 0.6 is 0 Å². The Morgan fingerprint density at radius 2 is 1.90 bits per heavy atom. The molecule has 0 saturated heterocycles. The summed E-state index contributed by atoms with van der Waals surface area (Å²) in [5.41, 5.74) is 2.37. The van der Waals surface area contributed by atoms with Crippen molar-refractivity contribution >= 4 is 0 Å². The lowest BCUT2D eigenvalue weighted by molar-refractivity contribution is 0.292. The Labute approximate surface area is 129 Å². The fourth-order valence-corrected chi connectivity index (χ4v) is 2.43. The van der Waals surface area contributed by atoms with Gasteiger partial charge in [0.25, 0.3) is 0 Å². The Morgan fingerprint density at radius 3 is 2.62 bits per heavy atom. The third-order valence-electron chi connectivity index (χ3n) is 4.08. The van der Waals surface area contributed by atoms with Crippen molar-refractivity contribution in [1.29, 1.82) is 0 Å². The summed E-state index contributed by atoms with van der Waals surface area (Å²) in [5, 5.41) is 3.53. The maximum Gasteiger partial charge on any atom is 0.213 e. The molecule has 1 fully saturated rings. The first-order valence-electron chi connectivity index (χ1n) is 8.62. The molecule has 2 rings (SSSR count). The van der Waals surface area contributed by atoms with Crippen molar-refractivity contribution in [1.82, 2.24) is 10.3 Å². The van der Waals surface area contributed by atoms with Crippen molar-refractivity contribution < 1.29 is 4.74 Å². The number of hydrogen-bond donors (Lipinski definition) is 1. The lowest BCUT2D eigenvalue weighted by Crippen LogP contribution is -2.16. The van der Waals surface area contributed by atoms with Crippen LogP contribution < -0.4 is 10.1 Å². The molecule has 21 heavy (non-hydrogen) atoms. The molecule has 3 nitrogen and oxygen atoms in total. The van der Waals surface area contributed by atoms with Gasteiger partial charge < -0.3 is 10.1 Å². The predicted molar refractivity (Wildman–Crippen MR) is 87.7 cm³/mol. The van der Waals surface area contributed by atoms with Crippen molar-refractivity contribution in [2.75, 3.05) is 6.61 Å². The minimum Gasteiger partial charge on any atom is -0.478 e. The van der Waals surface area contributed by atoms with Crippen LogP contribution in [0.15, 0.2) is 12.1 Å². The first-order valence-corrected chi connectivity index (χ1v) is 8.62. The number of aromatic nitrogens is 1. The molecule has 3 heteroatoms. The van der Waals surface area contributed by atoms with E-state index in [0.29, 0.717) is 0 Å². The molecule has 1 aromatic rings. The molecule has 0 aromatic carbocycles. The molecule has 0 bridgehead atoms. The Morgan fingerprint density at radius 1 is 1.14 bits per heavy atom. The van der Waals surface area contributed by atoms with Crippen LogP contribution in [0.25, 0.3) is 0 Å².